The van der Waals surface area contributed by atoms with Gasteiger partial charge in [-0.05, 0) is 62.3 Å². The first kappa shape index (κ1) is 22.8. The quantitative estimate of drug-likeness (QED) is 0.698. The molecule has 2 bridgehead atoms. The summed E-state index contributed by atoms with van der Waals surface area (Å²) in [5, 5.41) is 7.94. The maximum absolute atomic E-state index is 13.4. The lowest BCUT2D eigenvalue weighted by atomic mass is 10.1. The van der Waals surface area contributed by atoms with Gasteiger partial charge in [-0.15, -0.1) is 0 Å². The lowest BCUT2D eigenvalue weighted by Crippen LogP contribution is -2.45. The number of hydrogen-bond donors (Lipinski definition) is 1. The number of para-hydroxylation sites is 1. The molecule has 4 rings (SSSR count). The lowest BCUT2D eigenvalue weighted by Gasteiger charge is -2.34. The van der Waals surface area contributed by atoms with Crippen LogP contribution < -0.4 is 5.32 Å². The van der Waals surface area contributed by atoms with Gasteiger partial charge in [-0.25, -0.2) is 0 Å². The summed E-state index contributed by atoms with van der Waals surface area (Å²) in [7, 11) is 0. The lowest BCUT2D eigenvalue weighted by molar-refractivity contribution is -0.132. The van der Waals surface area contributed by atoms with E-state index in [0.29, 0.717) is 31.0 Å². The van der Waals surface area contributed by atoms with E-state index in [0.717, 1.165) is 32.6 Å². The van der Waals surface area contributed by atoms with Crippen LogP contribution in [0.1, 0.15) is 57.9 Å². The molecule has 174 valence electrons. The maximum atomic E-state index is 13.4. The zero-order valence-corrected chi connectivity index (χ0v) is 19.7. The van der Waals surface area contributed by atoms with Crippen LogP contribution in [0, 0.1) is 5.92 Å². The first-order valence-electron chi connectivity index (χ1n) is 12.4. The molecule has 1 saturated heterocycles. The molecule has 1 aromatic carbocycles. The van der Waals surface area contributed by atoms with E-state index in [1.54, 1.807) is 6.20 Å². The number of carbonyl (C=O) groups is 1. The van der Waals surface area contributed by atoms with Crippen LogP contribution in [0.2, 0.25) is 0 Å². The van der Waals surface area contributed by atoms with Crippen LogP contribution in [-0.4, -0.2) is 57.2 Å². The molecule has 6 nitrogen and oxygen atoms in total. The second kappa shape index (κ2) is 11.0. The molecular formula is C26H39N5O. The number of fused-ring (bicyclic) bond motifs is 3. The predicted octanol–water partition coefficient (Wildman–Crippen LogP) is 4.39. The van der Waals surface area contributed by atoms with E-state index in [-0.39, 0.29) is 5.91 Å². The Kier molecular flexibility index (Phi) is 7.85. The monoisotopic (exact) mass is 437 g/mol. The van der Waals surface area contributed by atoms with Crippen molar-refractivity contribution in [3.05, 3.63) is 48.3 Å². The van der Waals surface area contributed by atoms with E-state index < -0.39 is 0 Å². The predicted molar refractivity (Wildman–Crippen MR) is 129 cm³/mol. The van der Waals surface area contributed by atoms with E-state index in [4.69, 9.17) is 0 Å². The fourth-order valence-electron chi connectivity index (χ4n) is 5.20. The van der Waals surface area contributed by atoms with Crippen LogP contribution in [0.5, 0.6) is 0 Å². The van der Waals surface area contributed by atoms with Crippen molar-refractivity contribution >= 4 is 11.6 Å². The van der Waals surface area contributed by atoms with Crippen LogP contribution in [-0.2, 0) is 17.9 Å². The molecule has 1 aromatic heterocycles. The van der Waals surface area contributed by atoms with Gasteiger partial charge in [-0.3, -0.25) is 14.4 Å². The Morgan fingerprint density at radius 3 is 2.78 bits per heavy atom. The second-order valence-corrected chi connectivity index (χ2v) is 9.82. The summed E-state index contributed by atoms with van der Waals surface area (Å²) >= 11 is 0. The van der Waals surface area contributed by atoms with Crippen molar-refractivity contribution in [1.29, 1.82) is 0 Å². The topological polar surface area (TPSA) is 53.4 Å². The van der Waals surface area contributed by atoms with Crippen LogP contribution in [0.25, 0.3) is 0 Å². The third-order valence-electron chi connectivity index (χ3n) is 7.03. The van der Waals surface area contributed by atoms with E-state index in [1.165, 1.54) is 36.9 Å². The van der Waals surface area contributed by atoms with Gasteiger partial charge >= 0.3 is 0 Å². The SMILES string of the molecule is CC(C)CCN1[C@H]2CCNc3ccccc3CN(C(=O)CCCn3cccn3)C[C@@H]1CC2. The van der Waals surface area contributed by atoms with Crippen molar-refractivity contribution in [2.75, 3.05) is 25.0 Å². The highest BCUT2D eigenvalue weighted by Gasteiger charge is 2.35. The largest absolute Gasteiger partial charge is 0.385 e. The van der Waals surface area contributed by atoms with Gasteiger partial charge in [-0.1, -0.05) is 32.0 Å². The van der Waals surface area contributed by atoms with Crippen LogP contribution in [0.3, 0.4) is 0 Å². The third-order valence-corrected chi connectivity index (χ3v) is 7.03. The number of nitrogens with zero attached hydrogens (tertiary/aromatic N) is 4. The number of amides is 1. The normalized spacial score (nSPS) is 21.8. The average molecular weight is 438 g/mol. The fraction of sp³-hybridized carbons (Fsp3) is 0.615. The summed E-state index contributed by atoms with van der Waals surface area (Å²) < 4.78 is 1.91. The summed E-state index contributed by atoms with van der Waals surface area (Å²) in [6.07, 6.45) is 9.97. The molecule has 2 atom stereocenters. The van der Waals surface area contributed by atoms with Gasteiger partial charge in [0.25, 0.3) is 0 Å². The summed E-state index contributed by atoms with van der Waals surface area (Å²) in [6.45, 7) is 9.05. The molecule has 32 heavy (non-hydrogen) atoms. The summed E-state index contributed by atoms with van der Waals surface area (Å²) in [5.41, 5.74) is 2.40. The Bertz CT molecular complexity index is 850. The molecule has 1 N–H and O–H groups in total. The summed E-state index contributed by atoms with van der Waals surface area (Å²) in [4.78, 5) is 18.2. The van der Waals surface area contributed by atoms with Crippen molar-refractivity contribution in [3.63, 3.8) is 0 Å². The van der Waals surface area contributed by atoms with E-state index in [2.05, 4.69) is 58.3 Å². The van der Waals surface area contributed by atoms with Gasteiger partial charge in [0.15, 0.2) is 0 Å². The summed E-state index contributed by atoms with van der Waals surface area (Å²) in [5.74, 6) is 0.966. The molecule has 0 saturated carbocycles. The number of hydrogen-bond acceptors (Lipinski definition) is 4. The van der Waals surface area contributed by atoms with Crippen molar-refractivity contribution in [2.24, 2.45) is 5.92 Å². The number of rotatable bonds is 7. The minimum atomic E-state index is 0.262. The Balaban J connectivity index is 1.50. The first-order chi connectivity index (χ1) is 15.6. The summed E-state index contributed by atoms with van der Waals surface area (Å²) in [6, 6.07) is 11.5. The maximum Gasteiger partial charge on any atom is 0.222 e. The van der Waals surface area contributed by atoms with Gasteiger partial charge in [0, 0.05) is 62.8 Å². The molecule has 0 unspecified atom stereocenters. The highest BCUT2D eigenvalue weighted by Crippen LogP contribution is 2.30. The fourth-order valence-corrected chi connectivity index (χ4v) is 5.20. The number of aromatic nitrogens is 2. The molecule has 2 aliphatic rings. The van der Waals surface area contributed by atoms with Crippen molar-refractivity contribution in [3.8, 4) is 0 Å². The number of anilines is 1. The highest BCUT2D eigenvalue weighted by molar-refractivity contribution is 5.76. The van der Waals surface area contributed by atoms with Crippen LogP contribution >= 0.6 is 0 Å². The molecule has 3 heterocycles. The van der Waals surface area contributed by atoms with Crippen LogP contribution in [0.15, 0.2) is 42.7 Å². The average Bonchev–Trinajstić information content (AvgIpc) is 3.41. The van der Waals surface area contributed by atoms with Gasteiger partial charge in [0.05, 0.1) is 0 Å². The minimum Gasteiger partial charge on any atom is -0.385 e. The number of aryl methyl sites for hydroxylation is 1. The highest BCUT2D eigenvalue weighted by atomic mass is 16.2. The second-order valence-electron chi connectivity index (χ2n) is 9.82. The molecule has 2 aromatic rings. The Labute approximate surface area is 193 Å². The van der Waals surface area contributed by atoms with Crippen LogP contribution in [0.4, 0.5) is 5.69 Å². The number of carbonyl (C=O) groups excluding carboxylic acids is 1. The van der Waals surface area contributed by atoms with E-state index in [9.17, 15) is 4.79 Å². The standard InChI is InChI=1S/C26H39N5O/c1-21(2)13-18-31-23-10-11-24(31)20-29(26(32)9-5-16-30-17-6-14-28-30)19-22-7-3-4-8-25(22)27-15-12-23/h3-4,6-8,14,17,21,23-24,27H,5,9-13,15-16,18-20H2,1-2H3/t23-,24+/m1/s1. The van der Waals surface area contributed by atoms with Gasteiger partial charge in [-0.2, -0.15) is 5.10 Å². The molecule has 2 aliphatic heterocycles. The molecule has 0 spiro atoms. The molecule has 1 fully saturated rings. The smallest absolute Gasteiger partial charge is 0.222 e. The first-order valence-corrected chi connectivity index (χ1v) is 12.4. The zero-order valence-electron chi connectivity index (χ0n) is 19.7. The minimum absolute atomic E-state index is 0.262. The molecule has 0 radical (unpaired) electrons. The number of nitrogens with one attached hydrogen (secondary N) is 1. The van der Waals surface area contributed by atoms with Crippen molar-refractivity contribution in [2.45, 2.75) is 77.5 Å². The van der Waals surface area contributed by atoms with E-state index >= 15 is 0 Å². The number of benzene rings is 1. The molecule has 6 heteroatoms. The van der Waals surface area contributed by atoms with Gasteiger partial charge < -0.3 is 10.2 Å². The Morgan fingerprint density at radius 2 is 1.97 bits per heavy atom. The molecular weight excluding hydrogens is 398 g/mol. The third kappa shape index (κ3) is 5.91. The molecule has 0 aliphatic carbocycles. The van der Waals surface area contributed by atoms with E-state index in [1.807, 2.05) is 16.9 Å². The van der Waals surface area contributed by atoms with Crippen molar-refractivity contribution in [1.82, 2.24) is 19.6 Å². The Hall–Kier alpha value is -2.34. The van der Waals surface area contributed by atoms with Gasteiger partial charge in [0.2, 0.25) is 5.91 Å². The van der Waals surface area contributed by atoms with Gasteiger partial charge in [0.1, 0.15) is 0 Å². The van der Waals surface area contributed by atoms with Crippen molar-refractivity contribution < 1.29 is 4.79 Å². The molecule has 1 amide bonds. The zero-order chi connectivity index (χ0) is 22.3. The Morgan fingerprint density at radius 1 is 1.12 bits per heavy atom.